The summed E-state index contributed by atoms with van der Waals surface area (Å²) < 4.78 is 0. The Labute approximate surface area is 247 Å². The normalized spacial score (nSPS) is 16.5. The molecular formula is C40H36N2. The van der Waals surface area contributed by atoms with E-state index in [9.17, 15) is 0 Å². The van der Waals surface area contributed by atoms with Crippen LogP contribution in [-0.2, 0) is 0 Å². The van der Waals surface area contributed by atoms with Gasteiger partial charge in [-0.05, 0) is 140 Å². The summed E-state index contributed by atoms with van der Waals surface area (Å²) in [6, 6.07) is 37.6. The molecular weight excluding hydrogens is 508 g/mol. The Balaban J connectivity index is 1.36. The van der Waals surface area contributed by atoms with Crippen molar-refractivity contribution in [3.8, 4) is 0 Å². The number of rotatable bonds is 2. The third kappa shape index (κ3) is 3.71. The van der Waals surface area contributed by atoms with Crippen LogP contribution in [0.1, 0.15) is 38.5 Å². The summed E-state index contributed by atoms with van der Waals surface area (Å²) in [7, 11) is 0. The van der Waals surface area contributed by atoms with Crippen molar-refractivity contribution in [1.29, 1.82) is 0 Å². The second-order valence-electron chi connectivity index (χ2n) is 12.6. The molecule has 9 rings (SSSR count). The van der Waals surface area contributed by atoms with E-state index in [0.717, 1.165) is 0 Å². The molecule has 0 radical (unpaired) electrons. The summed E-state index contributed by atoms with van der Waals surface area (Å²) in [5.41, 5.74) is 2.74. The molecule has 7 aromatic carbocycles. The van der Waals surface area contributed by atoms with E-state index in [1.165, 1.54) is 141 Å². The number of piperidine rings is 2. The number of benzene rings is 7. The molecule has 0 N–H and O–H groups in total. The Morgan fingerprint density at radius 2 is 0.595 bits per heavy atom. The van der Waals surface area contributed by atoms with E-state index in [1.807, 2.05) is 0 Å². The van der Waals surface area contributed by atoms with Gasteiger partial charge in [0.25, 0.3) is 0 Å². The van der Waals surface area contributed by atoms with Crippen LogP contribution in [0, 0.1) is 0 Å². The summed E-state index contributed by atoms with van der Waals surface area (Å²) in [6.45, 7) is 4.67. The van der Waals surface area contributed by atoms with Gasteiger partial charge in [0.2, 0.25) is 0 Å². The highest BCUT2D eigenvalue weighted by Crippen LogP contribution is 2.43. The lowest BCUT2D eigenvalue weighted by Crippen LogP contribution is -2.29. The van der Waals surface area contributed by atoms with Crippen molar-refractivity contribution in [2.75, 3.05) is 36.0 Å². The highest BCUT2D eigenvalue weighted by atomic mass is 15.1. The summed E-state index contributed by atoms with van der Waals surface area (Å²) in [5, 5.41) is 16.3. The standard InChI is InChI=1S/C40H36N2/c1-7-19-41(20-8-1)27-15-17-33-35(23-27)29-11-3-5-13-31(29)37-26-40-34-18-16-28(42-21-9-2-10-22-42)24-36(34)30-12-4-6-14-32(30)38(40)25-39(33)37/h3-6,11-18,23-26H,1-2,7-10,19-22H2. The molecule has 2 heteroatoms. The van der Waals surface area contributed by atoms with Crippen molar-refractivity contribution in [1.82, 2.24) is 0 Å². The van der Waals surface area contributed by atoms with Crippen LogP contribution < -0.4 is 9.80 Å². The molecule has 0 amide bonds. The molecule has 0 unspecified atom stereocenters. The fourth-order valence-corrected chi connectivity index (χ4v) is 8.07. The minimum absolute atomic E-state index is 1.17. The monoisotopic (exact) mass is 544 g/mol. The first-order valence-corrected chi connectivity index (χ1v) is 16.0. The fraction of sp³-hybridized carbons (Fsp3) is 0.250. The molecule has 2 fully saturated rings. The Morgan fingerprint density at radius 3 is 0.952 bits per heavy atom. The molecule has 0 bridgehead atoms. The van der Waals surface area contributed by atoms with Crippen LogP contribution in [0.3, 0.4) is 0 Å². The Hall–Kier alpha value is -4.30. The van der Waals surface area contributed by atoms with Gasteiger partial charge in [-0.3, -0.25) is 0 Å². The average Bonchev–Trinajstić information content (AvgIpc) is 3.08. The first kappa shape index (κ1) is 24.3. The van der Waals surface area contributed by atoms with Crippen molar-refractivity contribution in [3.63, 3.8) is 0 Å². The van der Waals surface area contributed by atoms with E-state index in [2.05, 4.69) is 107 Å². The predicted octanol–water partition coefficient (Wildman–Crippen LogP) is 10.6. The molecule has 2 nitrogen and oxygen atoms in total. The molecule has 2 saturated heterocycles. The molecule has 0 aromatic heterocycles. The molecule has 206 valence electrons. The Bertz CT molecular complexity index is 2010. The largest absolute Gasteiger partial charge is 0.372 e. The first-order chi connectivity index (χ1) is 20.8. The fourth-order valence-electron chi connectivity index (χ4n) is 8.07. The molecule has 2 aliphatic rings. The summed E-state index contributed by atoms with van der Waals surface area (Å²) >= 11 is 0. The van der Waals surface area contributed by atoms with E-state index in [1.54, 1.807) is 0 Å². The van der Waals surface area contributed by atoms with E-state index in [4.69, 9.17) is 0 Å². The second-order valence-corrected chi connectivity index (χ2v) is 12.6. The molecule has 2 heterocycles. The SMILES string of the molecule is c1ccc2c(c1)c1cc(N3CCCCC3)ccc1c1cc3c4ccccc4c4cc(N5CCCCC5)ccc4c3cc21. The van der Waals surface area contributed by atoms with Gasteiger partial charge < -0.3 is 9.80 Å². The van der Waals surface area contributed by atoms with Crippen LogP contribution in [0.15, 0.2) is 97.1 Å². The maximum atomic E-state index is 2.58. The number of nitrogens with zero attached hydrogens (tertiary/aromatic N) is 2. The van der Waals surface area contributed by atoms with Gasteiger partial charge in [0.1, 0.15) is 0 Å². The van der Waals surface area contributed by atoms with Crippen molar-refractivity contribution in [2.45, 2.75) is 38.5 Å². The molecule has 7 aromatic rings. The second kappa shape index (κ2) is 9.63. The number of hydrogen-bond donors (Lipinski definition) is 0. The van der Waals surface area contributed by atoms with Gasteiger partial charge in [0, 0.05) is 37.6 Å². The predicted molar refractivity (Wildman–Crippen MR) is 184 cm³/mol. The zero-order valence-electron chi connectivity index (χ0n) is 24.2. The lowest BCUT2D eigenvalue weighted by molar-refractivity contribution is 0.578. The van der Waals surface area contributed by atoms with E-state index in [-0.39, 0.29) is 0 Å². The zero-order valence-corrected chi connectivity index (χ0v) is 24.2. The summed E-state index contributed by atoms with van der Waals surface area (Å²) in [5.74, 6) is 0. The zero-order chi connectivity index (χ0) is 27.6. The number of fused-ring (bicyclic) bond motifs is 12. The van der Waals surface area contributed by atoms with Gasteiger partial charge in [-0.25, -0.2) is 0 Å². The maximum Gasteiger partial charge on any atom is 0.0372 e. The average molecular weight is 545 g/mol. The smallest absolute Gasteiger partial charge is 0.0372 e. The van der Waals surface area contributed by atoms with Crippen molar-refractivity contribution in [2.24, 2.45) is 0 Å². The van der Waals surface area contributed by atoms with Gasteiger partial charge in [-0.15, -0.1) is 0 Å². The van der Waals surface area contributed by atoms with Crippen LogP contribution in [0.5, 0.6) is 0 Å². The minimum Gasteiger partial charge on any atom is -0.372 e. The van der Waals surface area contributed by atoms with E-state index < -0.39 is 0 Å². The number of anilines is 2. The van der Waals surface area contributed by atoms with Crippen molar-refractivity contribution < 1.29 is 0 Å². The first-order valence-electron chi connectivity index (χ1n) is 16.0. The third-order valence-electron chi connectivity index (χ3n) is 10.2. The molecule has 0 atom stereocenters. The lowest BCUT2D eigenvalue weighted by Gasteiger charge is -2.29. The molecule has 0 saturated carbocycles. The van der Waals surface area contributed by atoms with E-state index in [0.29, 0.717) is 0 Å². The van der Waals surface area contributed by atoms with Gasteiger partial charge >= 0.3 is 0 Å². The van der Waals surface area contributed by atoms with Crippen molar-refractivity contribution >= 4 is 76.0 Å². The Kier molecular flexibility index (Phi) is 5.57. The molecule has 0 spiro atoms. The topological polar surface area (TPSA) is 6.48 Å². The van der Waals surface area contributed by atoms with Crippen LogP contribution in [-0.4, -0.2) is 26.2 Å². The Morgan fingerprint density at radius 1 is 0.286 bits per heavy atom. The lowest BCUT2D eigenvalue weighted by atomic mass is 9.88. The molecule has 2 aliphatic heterocycles. The van der Waals surface area contributed by atoms with Crippen LogP contribution in [0.25, 0.3) is 64.6 Å². The van der Waals surface area contributed by atoms with Gasteiger partial charge in [-0.1, -0.05) is 60.7 Å². The highest BCUT2D eigenvalue weighted by molar-refractivity contribution is 6.33. The molecule has 42 heavy (non-hydrogen) atoms. The van der Waals surface area contributed by atoms with E-state index >= 15 is 0 Å². The van der Waals surface area contributed by atoms with Gasteiger partial charge in [0.05, 0.1) is 0 Å². The highest BCUT2D eigenvalue weighted by Gasteiger charge is 2.18. The van der Waals surface area contributed by atoms with Crippen LogP contribution in [0.2, 0.25) is 0 Å². The van der Waals surface area contributed by atoms with Crippen LogP contribution in [0.4, 0.5) is 11.4 Å². The van der Waals surface area contributed by atoms with Crippen molar-refractivity contribution in [3.05, 3.63) is 97.1 Å². The summed E-state index contributed by atoms with van der Waals surface area (Å²) in [4.78, 5) is 5.17. The molecule has 0 aliphatic carbocycles. The minimum atomic E-state index is 1.17. The third-order valence-corrected chi connectivity index (χ3v) is 10.2. The number of hydrogen-bond acceptors (Lipinski definition) is 2. The maximum absolute atomic E-state index is 2.58. The van der Waals surface area contributed by atoms with Gasteiger partial charge in [-0.2, -0.15) is 0 Å². The van der Waals surface area contributed by atoms with Gasteiger partial charge in [0.15, 0.2) is 0 Å². The summed E-state index contributed by atoms with van der Waals surface area (Å²) in [6.07, 6.45) is 7.89. The van der Waals surface area contributed by atoms with Crippen LogP contribution >= 0.6 is 0 Å². The quantitative estimate of drug-likeness (QED) is 0.158.